The standard InChI is InChI=1S/C17H17ClN2O3/c1-22-15-7-8-16(23-2)13(10-15)11-19-20-17(21)9-12-3-5-14(18)6-4-12/h3-8,10-11H,9H2,1-2H3,(H,20,21)/b19-11+. The number of nitrogens with one attached hydrogen (secondary N) is 1. The number of methoxy groups -OCH3 is 2. The van der Waals surface area contributed by atoms with Gasteiger partial charge < -0.3 is 9.47 Å². The molecule has 0 unspecified atom stereocenters. The number of hydrogen-bond acceptors (Lipinski definition) is 4. The number of ether oxygens (including phenoxy) is 2. The number of benzene rings is 2. The molecular formula is C17H17ClN2O3. The summed E-state index contributed by atoms with van der Waals surface area (Å²) in [5.41, 5.74) is 4.05. The summed E-state index contributed by atoms with van der Waals surface area (Å²) in [6, 6.07) is 12.4. The number of carbonyl (C=O) groups excluding carboxylic acids is 1. The summed E-state index contributed by atoms with van der Waals surface area (Å²) in [6.07, 6.45) is 1.74. The third kappa shape index (κ3) is 5.00. The maximum atomic E-state index is 11.9. The summed E-state index contributed by atoms with van der Waals surface area (Å²) in [5.74, 6) is 1.10. The summed E-state index contributed by atoms with van der Waals surface area (Å²) in [5, 5.41) is 4.59. The molecule has 120 valence electrons. The highest BCUT2D eigenvalue weighted by Gasteiger charge is 2.04. The van der Waals surface area contributed by atoms with Crippen molar-refractivity contribution in [1.82, 2.24) is 5.43 Å². The third-order valence-electron chi connectivity index (χ3n) is 3.11. The van der Waals surface area contributed by atoms with Crippen molar-refractivity contribution in [1.29, 1.82) is 0 Å². The molecule has 0 bridgehead atoms. The van der Waals surface area contributed by atoms with Gasteiger partial charge in [-0.25, -0.2) is 5.43 Å². The molecule has 0 aromatic heterocycles. The van der Waals surface area contributed by atoms with Gasteiger partial charge in [-0.05, 0) is 35.9 Å². The first kappa shape index (κ1) is 16.8. The van der Waals surface area contributed by atoms with E-state index in [0.717, 1.165) is 5.56 Å². The summed E-state index contributed by atoms with van der Waals surface area (Å²) in [7, 11) is 3.15. The van der Waals surface area contributed by atoms with Crippen LogP contribution in [0.25, 0.3) is 0 Å². The molecule has 2 aromatic rings. The highest BCUT2D eigenvalue weighted by Crippen LogP contribution is 2.22. The van der Waals surface area contributed by atoms with Crippen LogP contribution in [0.3, 0.4) is 0 Å². The van der Waals surface area contributed by atoms with E-state index in [2.05, 4.69) is 10.5 Å². The molecule has 1 N–H and O–H groups in total. The Morgan fingerprint density at radius 1 is 1.17 bits per heavy atom. The third-order valence-corrected chi connectivity index (χ3v) is 3.36. The molecule has 0 radical (unpaired) electrons. The number of nitrogens with zero attached hydrogens (tertiary/aromatic N) is 1. The van der Waals surface area contributed by atoms with Gasteiger partial charge in [0.25, 0.3) is 0 Å². The van der Waals surface area contributed by atoms with Gasteiger partial charge in [-0.15, -0.1) is 0 Å². The zero-order chi connectivity index (χ0) is 16.7. The Morgan fingerprint density at radius 3 is 2.57 bits per heavy atom. The van der Waals surface area contributed by atoms with Crippen LogP contribution in [-0.4, -0.2) is 26.3 Å². The largest absolute Gasteiger partial charge is 0.497 e. The lowest BCUT2D eigenvalue weighted by Crippen LogP contribution is -2.19. The van der Waals surface area contributed by atoms with Crippen molar-refractivity contribution in [2.75, 3.05) is 14.2 Å². The first-order valence-electron chi connectivity index (χ1n) is 6.90. The van der Waals surface area contributed by atoms with Crippen molar-refractivity contribution in [3.8, 4) is 11.5 Å². The lowest BCUT2D eigenvalue weighted by atomic mass is 10.1. The minimum Gasteiger partial charge on any atom is -0.497 e. The van der Waals surface area contributed by atoms with E-state index in [0.29, 0.717) is 22.1 Å². The van der Waals surface area contributed by atoms with Crippen molar-refractivity contribution >= 4 is 23.7 Å². The van der Waals surface area contributed by atoms with Gasteiger partial charge in [-0.1, -0.05) is 23.7 Å². The number of carbonyl (C=O) groups is 1. The zero-order valence-electron chi connectivity index (χ0n) is 12.9. The van der Waals surface area contributed by atoms with E-state index in [9.17, 15) is 4.79 Å². The van der Waals surface area contributed by atoms with Gasteiger partial charge in [-0.3, -0.25) is 4.79 Å². The Balaban J connectivity index is 1.98. The molecule has 0 aliphatic heterocycles. The Kier molecular flexibility index (Phi) is 6.00. The monoisotopic (exact) mass is 332 g/mol. The maximum Gasteiger partial charge on any atom is 0.244 e. The molecule has 23 heavy (non-hydrogen) atoms. The fraction of sp³-hybridized carbons (Fsp3) is 0.176. The molecule has 2 aromatic carbocycles. The second-order valence-corrected chi connectivity index (χ2v) is 5.14. The second-order valence-electron chi connectivity index (χ2n) is 4.70. The van der Waals surface area contributed by atoms with Crippen LogP contribution < -0.4 is 14.9 Å². The minimum atomic E-state index is -0.217. The number of amides is 1. The first-order valence-corrected chi connectivity index (χ1v) is 7.28. The van der Waals surface area contributed by atoms with Crippen molar-refractivity contribution in [3.63, 3.8) is 0 Å². The predicted octanol–water partition coefficient (Wildman–Crippen LogP) is 3.05. The topological polar surface area (TPSA) is 59.9 Å². The van der Waals surface area contributed by atoms with Crippen LogP contribution in [0, 0.1) is 0 Å². The fourth-order valence-electron chi connectivity index (χ4n) is 1.94. The van der Waals surface area contributed by atoms with Gasteiger partial charge in [0.1, 0.15) is 11.5 Å². The van der Waals surface area contributed by atoms with Crippen LogP contribution in [0.1, 0.15) is 11.1 Å². The van der Waals surface area contributed by atoms with Gasteiger partial charge in [-0.2, -0.15) is 5.10 Å². The average molecular weight is 333 g/mol. The van der Waals surface area contributed by atoms with E-state index < -0.39 is 0 Å². The van der Waals surface area contributed by atoms with Gasteiger partial charge in [0.2, 0.25) is 5.91 Å². The van der Waals surface area contributed by atoms with Crippen LogP contribution in [-0.2, 0) is 11.2 Å². The Hall–Kier alpha value is -2.53. The number of halogens is 1. The van der Waals surface area contributed by atoms with E-state index in [4.69, 9.17) is 21.1 Å². The quantitative estimate of drug-likeness (QED) is 0.653. The minimum absolute atomic E-state index is 0.217. The van der Waals surface area contributed by atoms with Crippen molar-refractivity contribution in [3.05, 3.63) is 58.6 Å². The van der Waals surface area contributed by atoms with Crippen molar-refractivity contribution < 1.29 is 14.3 Å². The van der Waals surface area contributed by atoms with Crippen LogP contribution >= 0.6 is 11.6 Å². The van der Waals surface area contributed by atoms with Crippen LogP contribution in [0.2, 0.25) is 5.02 Å². The molecule has 0 atom stereocenters. The lowest BCUT2D eigenvalue weighted by molar-refractivity contribution is -0.120. The SMILES string of the molecule is COc1ccc(OC)c(/C=N/NC(=O)Cc2ccc(Cl)cc2)c1. The van der Waals surface area contributed by atoms with E-state index >= 15 is 0 Å². The first-order chi connectivity index (χ1) is 11.1. The van der Waals surface area contributed by atoms with E-state index in [1.807, 2.05) is 0 Å². The molecule has 0 saturated heterocycles. The second kappa shape index (κ2) is 8.19. The Morgan fingerprint density at radius 2 is 1.91 bits per heavy atom. The van der Waals surface area contributed by atoms with Crippen molar-refractivity contribution in [2.45, 2.75) is 6.42 Å². The summed E-state index contributed by atoms with van der Waals surface area (Å²) in [6.45, 7) is 0. The molecule has 0 spiro atoms. The number of hydrazone groups is 1. The fourth-order valence-corrected chi connectivity index (χ4v) is 2.07. The van der Waals surface area contributed by atoms with Gasteiger partial charge in [0, 0.05) is 10.6 Å². The van der Waals surface area contributed by atoms with E-state index in [1.54, 1.807) is 56.7 Å². The summed E-state index contributed by atoms with van der Waals surface area (Å²) >= 11 is 5.81. The normalized spacial score (nSPS) is 10.6. The maximum absolute atomic E-state index is 11.9. The lowest BCUT2D eigenvalue weighted by Gasteiger charge is -2.06. The van der Waals surface area contributed by atoms with Gasteiger partial charge in [0.15, 0.2) is 0 Å². The van der Waals surface area contributed by atoms with Crippen LogP contribution in [0.15, 0.2) is 47.6 Å². The van der Waals surface area contributed by atoms with E-state index in [-0.39, 0.29) is 12.3 Å². The van der Waals surface area contributed by atoms with Crippen molar-refractivity contribution in [2.24, 2.45) is 5.10 Å². The summed E-state index contributed by atoms with van der Waals surface area (Å²) in [4.78, 5) is 11.9. The highest BCUT2D eigenvalue weighted by atomic mass is 35.5. The number of hydrogen-bond donors (Lipinski definition) is 1. The Bertz CT molecular complexity index is 699. The molecule has 0 saturated carbocycles. The van der Waals surface area contributed by atoms with Gasteiger partial charge >= 0.3 is 0 Å². The van der Waals surface area contributed by atoms with E-state index in [1.165, 1.54) is 6.21 Å². The number of rotatable bonds is 6. The molecule has 0 fully saturated rings. The smallest absolute Gasteiger partial charge is 0.244 e. The molecule has 1 amide bonds. The molecular weight excluding hydrogens is 316 g/mol. The van der Waals surface area contributed by atoms with Gasteiger partial charge in [0.05, 0.1) is 26.9 Å². The van der Waals surface area contributed by atoms with Crippen LogP contribution in [0.4, 0.5) is 0 Å². The van der Waals surface area contributed by atoms with Crippen LogP contribution in [0.5, 0.6) is 11.5 Å². The summed E-state index contributed by atoms with van der Waals surface area (Å²) < 4.78 is 10.4. The molecule has 5 nitrogen and oxygen atoms in total. The molecule has 0 aliphatic rings. The molecule has 2 rings (SSSR count). The molecule has 0 heterocycles. The average Bonchev–Trinajstić information content (AvgIpc) is 2.57. The zero-order valence-corrected chi connectivity index (χ0v) is 13.6. The predicted molar refractivity (Wildman–Crippen MR) is 90.4 cm³/mol. The highest BCUT2D eigenvalue weighted by molar-refractivity contribution is 6.30. The molecule has 6 heteroatoms. The molecule has 0 aliphatic carbocycles. The Labute approximate surface area is 139 Å².